The Labute approximate surface area is 96.3 Å². The molecule has 0 radical (unpaired) electrons. The second kappa shape index (κ2) is 3.59. The first-order valence-electron chi connectivity index (χ1n) is 4.72. The highest BCUT2D eigenvalue weighted by Crippen LogP contribution is 2.47. The van der Waals surface area contributed by atoms with Gasteiger partial charge in [-0.3, -0.25) is 0 Å². The molecule has 4 heteroatoms. The van der Waals surface area contributed by atoms with E-state index in [0.29, 0.717) is 6.54 Å². The lowest BCUT2D eigenvalue weighted by Crippen LogP contribution is -2.49. The maximum atomic E-state index is 9.39. The molecule has 0 unspecified atom stereocenters. The highest BCUT2D eigenvalue weighted by Gasteiger charge is 2.44. The monoisotopic (exact) mass is 275 g/mol. The molecule has 0 aliphatic heterocycles. The van der Waals surface area contributed by atoms with Crippen molar-refractivity contribution in [3.8, 4) is 0 Å². The van der Waals surface area contributed by atoms with Crippen molar-refractivity contribution in [2.24, 2.45) is 5.73 Å². The fraction of sp³-hybridized carbons (Fsp3) is 0.600. The predicted octanol–water partition coefficient (Wildman–Crippen LogP) is 2.17. The maximum absolute atomic E-state index is 9.39. The van der Waals surface area contributed by atoms with Gasteiger partial charge in [0.1, 0.15) is 0 Å². The van der Waals surface area contributed by atoms with Crippen LogP contribution in [0.1, 0.15) is 22.6 Å². The molecule has 14 heavy (non-hydrogen) atoms. The van der Waals surface area contributed by atoms with Gasteiger partial charge in [0.15, 0.2) is 0 Å². The van der Waals surface area contributed by atoms with Gasteiger partial charge in [-0.15, -0.1) is 11.3 Å². The van der Waals surface area contributed by atoms with Gasteiger partial charge in [-0.25, -0.2) is 0 Å². The lowest BCUT2D eigenvalue weighted by molar-refractivity contribution is 0.0239. The van der Waals surface area contributed by atoms with E-state index < -0.39 is 0 Å². The molecular weight excluding hydrogens is 262 g/mol. The standard InChI is InChI=1S/C10H14BrNOS/c1-6-8(11)2-9(14-6)10(5-12)3-7(13)4-10/h2,7,13H,3-5,12H2,1H3. The molecule has 0 saturated heterocycles. The van der Waals surface area contributed by atoms with Crippen molar-refractivity contribution < 1.29 is 5.11 Å². The van der Waals surface area contributed by atoms with Gasteiger partial charge in [0, 0.05) is 26.2 Å². The molecule has 1 saturated carbocycles. The zero-order chi connectivity index (χ0) is 10.3. The van der Waals surface area contributed by atoms with Crippen LogP contribution in [0.15, 0.2) is 10.5 Å². The average molecular weight is 276 g/mol. The Morgan fingerprint density at radius 1 is 1.71 bits per heavy atom. The van der Waals surface area contributed by atoms with E-state index in [0.717, 1.165) is 17.3 Å². The Kier molecular flexibility index (Phi) is 2.72. The van der Waals surface area contributed by atoms with Crippen molar-refractivity contribution in [2.75, 3.05) is 6.54 Å². The second-order valence-electron chi connectivity index (χ2n) is 4.06. The minimum Gasteiger partial charge on any atom is -0.393 e. The number of rotatable bonds is 2. The Hall–Kier alpha value is 0.100. The Bertz CT molecular complexity index is 324. The molecule has 78 valence electrons. The number of halogens is 1. The number of aliphatic hydroxyl groups is 1. The van der Waals surface area contributed by atoms with Crippen LogP contribution in [0.2, 0.25) is 0 Å². The molecule has 1 aliphatic carbocycles. The molecule has 0 aromatic carbocycles. The van der Waals surface area contributed by atoms with Gasteiger partial charge in [0.25, 0.3) is 0 Å². The highest BCUT2D eigenvalue weighted by molar-refractivity contribution is 9.10. The van der Waals surface area contributed by atoms with Crippen molar-refractivity contribution in [1.29, 1.82) is 0 Å². The Morgan fingerprint density at radius 2 is 2.36 bits per heavy atom. The summed E-state index contributed by atoms with van der Waals surface area (Å²) < 4.78 is 1.16. The topological polar surface area (TPSA) is 46.2 Å². The van der Waals surface area contributed by atoms with Crippen LogP contribution >= 0.6 is 27.3 Å². The summed E-state index contributed by atoms with van der Waals surface area (Å²) in [5.74, 6) is 0. The third kappa shape index (κ3) is 1.54. The van der Waals surface area contributed by atoms with E-state index in [4.69, 9.17) is 5.73 Å². The van der Waals surface area contributed by atoms with E-state index in [1.54, 1.807) is 11.3 Å². The molecule has 1 aromatic heterocycles. The van der Waals surface area contributed by atoms with Crippen molar-refractivity contribution >= 4 is 27.3 Å². The second-order valence-corrected chi connectivity index (χ2v) is 6.17. The van der Waals surface area contributed by atoms with Crippen LogP contribution in [0.5, 0.6) is 0 Å². The first-order valence-corrected chi connectivity index (χ1v) is 6.33. The van der Waals surface area contributed by atoms with Gasteiger partial charge < -0.3 is 10.8 Å². The Balaban J connectivity index is 2.29. The van der Waals surface area contributed by atoms with Crippen LogP contribution in [0.3, 0.4) is 0 Å². The fourth-order valence-corrected chi connectivity index (χ4v) is 3.78. The molecule has 2 rings (SSSR count). The molecule has 0 amide bonds. The lowest BCUT2D eigenvalue weighted by atomic mass is 9.66. The van der Waals surface area contributed by atoms with Crippen LogP contribution in [-0.2, 0) is 5.41 Å². The summed E-state index contributed by atoms with van der Waals surface area (Å²) in [5, 5.41) is 9.39. The minimum atomic E-state index is -0.153. The summed E-state index contributed by atoms with van der Waals surface area (Å²) in [7, 11) is 0. The number of aliphatic hydroxyl groups excluding tert-OH is 1. The average Bonchev–Trinajstić information content (AvgIpc) is 2.41. The zero-order valence-corrected chi connectivity index (χ0v) is 10.5. The SMILES string of the molecule is Cc1sc(C2(CN)CC(O)C2)cc1Br. The van der Waals surface area contributed by atoms with Crippen molar-refractivity contribution in [2.45, 2.75) is 31.3 Å². The van der Waals surface area contributed by atoms with E-state index in [1.165, 1.54) is 9.75 Å². The minimum absolute atomic E-state index is 0.0564. The van der Waals surface area contributed by atoms with E-state index in [9.17, 15) is 5.11 Å². The number of thiophene rings is 1. The summed E-state index contributed by atoms with van der Waals surface area (Å²) in [6, 6.07) is 2.15. The molecule has 0 spiro atoms. The third-order valence-electron chi connectivity index (χ3n) is 3.02. The van der Waals surface area contributed by atoms with Gasteiger partial charge in [-0.05, 0) is 41.8 Å². The summed E-state index contributed by atoms with van der Waals surface area (Å²) in [6.07, 6.45) is 1.48. The number of hydrogen-bond acceptors (Lipinski definition) is 3. The van der Waals surface area contributed by atoms with Crippen LogP contribution in [0.25, 0.3) is 0 Å². The van der Waals surface area contributed by atoms with Crippen LogP contribution in [-0.4, -0.2) is 17.8 Å². The molecule has 1 fully saturated rings. The van der Waals surface area contributed by atoms with Crippen LogP contribution in [0.4, 0.5) is 0 Å². The Morgan fingerprint density at radius 3 is 2.71 bits per heavy atom. The summed E-state index contributed by atoms with van der Waals surface area (Å²) in [4.78, 5) is 2.60. The van der Waals surface area contributed by atoms with Gasteiger partial charge in [-0.1, -0.05) is 0 Å². The van der Waals surface area contributed by atoms with Gasteiger partial charge in [0.2, 0.25) is 0 Å². The molecule has 1 aromatic rings. The number of hydrogen-bond donors (Lipinski definition) is 2. The molecule has 1 aliphatic rings. The highest BCUT2D eigenvalue weighted by atomic mass is 79.9. The lowest BCUT2D eigenvalue weighted by Gasteiger charge is -2.44. The third-order valence-corrected chi connectivity index (χ3v) is 5.41. The van der Waals surface area contributed by atoms with Gasteiger partial charge in [-0.2, -0.15) is 0 Å². The van der Waals surface area contributed by atoms with E-state index in [1.807, 2.05) is 0 Å². The van der Waals surface area contributed by atoms with E-state index >= 15 is 0 Å². The molecule has 1 heterocycles. The molecule has 0 bridgehead atoms. The maximum Gasteiger partial charge on any atom is 0.0558 e. The summed E-state index contributed by atoms with van der Waals surface area (Å²) in [5.41, 5.74) is 5.86. The zero-order valence-electron chi connectivity index (χ0n) is 8.09. The summed E-state index contributed by atoms with van der Waals surface area (Å²) in [6.45, 7) is 2.73. The van der Waals surface area contributed by atoms with Crippen LogP contribution in [0, 0.1) is 6.92 Å². The smallest absolute Gasteiger partial charge is 0.0558 e. The first kappa shape index (κ1) is 10.6. The van der Waals surface area contributed by atoms with Gasteiger partial charge >= 0.3 is 0 Å². The van der Waals surface area contributed by atoms with Crippen LogP contribution < -0.4 is 5.73 Å². The van der Waals surface area contributed by atoms with Gasteiger partial charge in [0.05, 0.1) is 6.10 Å². The first-order chi connectivity index (χ1) is 6.57. The van der Waals surface area contributed by atoms with E-state index in [-0.39, 0.29) is 11.5 Å². The van der Waals surface area contributed by atoms with Crippen molar-refractivity contribution in [3.63, 3.8) is 0 Å². The van der Waals surface area contributed by atoms with E-state index in [2.05, 4.69) is 28.9 Å². The predicted molar refractivity (Wildman–Crippen MR) is 62.7 cm³/mol. The molecular formula is C10H14BrNOS. The summed E-state index contributed by atoms with van der Waals surface area (Å²) >= 11 is 5.30. The number of aryl methyl sites for hydroxylation is 1. The fourth-order valence-electron chi connectivity index (χ4n) is 2.03. The van der Waals surface area contributed by atoms with Crippen molar-refractivity contribution in [1.82, 2.24) is 0 Å². The molecule has 2 nitrogen and oxygen atoms in total. The quantitative estimate of drug-likeness (QED) is 0.869. The molecule has 0 atom stereocenters. The largest absolute Gasteiger partial charge is 0.393 e. The van der Waals surface area contributed by atoms with Crippen molar-refractivity contribution in [3.05, 3.63) is 20.3 Å². The normalized spacial score (nSPS) is 31.6. The molecule has 3 N–H and O–H groups in total. The number of nitrogens with two attached hydrogens (primary N) is 1.